The van der Waals surface area contributed by atoms with Gasteiger partial charge in [-0.1, -0.05) is 17.7 Å². The summed E-state index contributed by atoms with van der Waals surface area (Å²) < 4.78 is 6.16. The van der Waals surface area contributed by atoms with Crippen LogP contribution in [0.25, 0.3) is 0 Å². The molecule has 1 unspecified atom stereocenters. The number of piperidine rings is 1. The summed E-state index contributed by atoms with van der Waals surface area (Å²) in [6, 6.07) is 7.95. The minimum absolute atomic E-state index is 0.186. The van der Waals surface area contributed by atoms with Crippen LogP contribution in [0.3, 0.4) is 0 Å². The van der Waals surface area contributed by atoms with Gasteiger partial charge in [0.25, 0.3) is 5.91 Å². The van der Waals surface area contributed by atoms with E-state index in [0.717, 1.165) is 50.2 Å². The fraction of sp³-hybridized carbons (Fsp3) is 0.667. The van der Waals surface area contributed by atoms with Gasteiger partial charge in [0.1, 0.15) is 0 Å². The molecule has 0 bridgehead atoms. The Morgan fingerprint density at radius 2 is 1.96 bits per heavy atom. The Morgan fingerprint density at radius 3 is 2.68 bits per heavy atom. The summed E-state index contributed by atoms with van der Waals surface area (Å²) in [6.45, 7) is 8.25. The van der Waals surface area contributed by atoms with Crippen molar-refractivity contribution in [2.45, 2.75) is 45.1 Å². The number of ether oxygens (including phenoxy) is 1. The summed E-state index contributed by atoms with van der Waals surface area (Å²) in [7, 11) is 0. The van der Waals surface area contributed by atoms with Gasteiger partial charge < -0.3 is 14.5 Å². The lowest BCUT2D eigenvalue weighted by molar-refractivity contribution is 0.0460. The Kier molecular flexibility index (Phi) is 4.83. The number of hydrogen-bond acceptors (Lipinski definition) is 3. The zero-order chi connectivity index (χ0) is 17.3. The molecule has 1 atom stereocenters. The predicted octanol–water partition coefficient (Wildman–Crippen LogP) is 3.10. The van der Waals surface area contributed by atoms with Crippen molar-refractivity contribution >= 4 is 5.91 Å². The zero-order valence-corrected chi connectivity index (χ0v) is 15.4. The average Bonchev–Trinajstić information content (AvgIpc) is 3.26. The quantitative estimate of drug-likeness (QED) is 0.846. The summed E-state index contributed by atoms with van der Waals surface area (Å²) in [4.78, 5) is 17.3. The fourth-order valence-corrected chi connectivity index (χ4v) is 4.76. The number of likely N-dealkylation sites (tertiary alicyclic amines) is 2. The van der Waals surface area contributed by atoms with E-state index in [0.29, 0.717) is 11.5 Å². The van der Waals surface area contributed by atoms with Crippen LogP contribution in [0.4, 0.5) is 0 Å². The first-order valence-electron chi connectivity index (χ1n) is 9.84. The first-order chi connectivity index (χ1) is 12.1. The van der Waals surface area contributed by atoms with E-state index in [4.69, 9.17) is 4.74 Å². The molecule has 3 aliphatic rings. The normalized spacial score (nSPS) is 26.4. The van der Waals surface area contributed by atoms with E-state index in [1.54, 1.807) is 0 Å². The minimum atomic E-state index is 0.186. The molecule has 0 N–H and O–H groups in total. The second-order valence-electron chi connectivity index (χ2n) is 8.31. The summed E-state index contributed by atoms with van der Waals surface area (Å²) in [5.74, 6) is 0.186. The maximum Gasteiger partial charge on any atom is 0.253 e. The summed E-state index contributed by atoms with van der Waals surface area (Å²) in [6.07, 6.45) is 6.43. The number of aryl methyl sites for hydroxylation is 1. The third-order valence-electron chi connectivity index (χ3n) is 6.32. The largest absolute Gasteiger partial charge is 0.376 e. The van der Waals surface area contributed by atoms with E-state index in [2.05, 4.69) is 4.90 Å². The fourth-order valence-electron chi connectivity index (χ4n) is 4.76. The molecule has 0 radical (unpaired) electrons. The second-order valence-corrected chi connectivity index (χ2v) is 8.31. The van der Waals surface area contributed by atoms with Crippen molar-refractivity contribution in [3.63, 3.8) is 0 Å². The smallest absolute Gasteiger partial charge is 0.253 e. The molecule has 25 heavy (non-hydrogen) atoms. The molecular formula is C21H30N2O2. The molecular weight excluding hydrogens is 312 g/mol. The summed E-state index contributed by atoms with van der Waals surface area (Å²) >= 11 is 0. The molecule has 0 aliphatic carbocycles. The van der Waals surface area contributed by atoms with Gasteiger partial charge in [-0.25, -0.2) is 0 Å². The maximum atomic E-state index is 12.7. The van der Waals surface area contributed by atoms with Gasteiger partial charge in [0.2, 0.25) is 0 Å². The van der Waals surface area contributed by atoms with Crippen molar-refractivity contribution in [2.75, 3.05) is 39.3 Å². The Balaban J connectivity index is 1.31. The average molecular weight is 342 g/mol. The molecule has 4 rings (SSSR count). The molecule has 3 fully saturated rings. The Bertz CT molecular complexity index is 616. The van der Waals surface area contributed by atoms with E-state index in [1.165, 1.54) is 32.4 Å². The molecule has 4 nitrogen and oxygen atoms in total. The third kappa shape index (κ3) is 3.75. The first kappa shape index (κ1) is 17.0. The lowest BCUT2D eigenvalue weighted by Gasteiger charge is -2.38. The molecule has 1 aromatic carbocycles. The molecule has 0 aromatic heterocycles. The van der Waals surface area contributed by atoms with Crippen LogP contribution in [0.2, 0.25) is 0 Å². The predicted molar refractivity (Wildman–Crippen MR) is 98.8 cm³/mol. The topological polar surface area (TPSA) is 32.8 Å². The van der Waals surface area contributed by atoms with Crippen molar-refractivity contribution in [3.8, 4) is 0 Å². The zero-order valence-electron chi connectivity index (χ0n) is 15.4. The van der Waals surface area contributed by atoms with Crippen molar-refractivity contribution in [1.29, 1.82) is 0 Å². The van der Waals surface area contributed by atoms with Crippen LogP contribution in [0.1, 0.15) is 48.0 Å². The van der Waals surface area contributed by atoms with Crippen molar-refractivity contribution < 1.29 is 9.53 Å². The Hall–Kier alpha value is -1.39. The molecule has 1 amide bonds. The highest BCUT2D eigenvalue weighted by atomic mass is 16.5. The maximum absolute atomic E-state index is 12.7. The van der Waals surface area contributed by atoms with Gasteiger partial charge in [0, 0.05) is 25.2 Å². The molecule has 3 heterocycles. The number of carbonyl (C=O) groups excluding carboxylic acids is 1. The van der Waals surface area contributed by atoms with E-state index in [-0.39, 0.29) is 5.91 Å². The van der Waals surface area contributed by atoms with Crippen molar-refractivity contribution in [2.24, 2.45) is 5.41 Å². The van der Waals surface area contributed by atoms with Gasteiger partial charge in [-0.3, -0.25) is 4.79 Å². The van der Waals surface area contributed by atoms with E-state index in [9.17, 15) is 4.79 Å². The highest BCUT2D eigenvalue weighted by Crippen LogP contribution is 2.42. The van der Waals surface area contributed by atoms with Gasteiger partial charge in [-0.2, -0.15) is 0 Å². The van der Waals surface area contributed by atoms with E-state index < -0.39 is 0 Å². The number of hydrogen-bond donors (Lipinski definition) is 0. The molecule has 1 aromatic rings. The van der Waals surface area contributed by atoms with Gasteiger partial charge in [-0.15, -0.1) is 0 Å². The number of carbonyl (C=O) groups is 1. The van der Waals surface area contributed by atoms with Gasteiger partial charge in [0.15, 0.2) is 0 Å². The lowest BCUT2D eigenvalue weighted by Crippen LogP contribution is -2.43. The van der Waals surface area contributed by atoms with Crippen LogP contribution in [-0.4, -0.2) is 61.1 Å². The van der Waals surface area contributed by atoms with Crippen LogP contribution in [-0.2, 0) is 4.74 Å². The highest BCUT2D eigenvalue weighted by molar-refractivity contribution is 5.94. The molecule has 3 aliphatic heterocycles. The van der Waals surface area contributed by atoms with Crippen LogP contribution in [0, 0.1) is 12.3 Å². The van der Waals surface area contributed by atoms with Gasteiger partial charge >= 0.3 is 0 Å². The molecule has 3 saturated heterocycles. The van der Waals surface area contributed by atoms with Gasteiger partial charge in [-0.05, 0) is 69.7 Å². The number of nitrogens with zero attached hydrogens (tertiary/aromatic N) is 2. The summed E-state index contributed by atoms with van der Waals surface area (Å²) in [5.41, 5.74) is 2.28. The van der Waals surface area contributed by atoms with Crippen molar-refractivity contribution in [1.82, 2.24) is 9.80 Å². The van der Waals surface area contributed by atoms with Gasteiger partial charge in [0.05, 0.1) is 12.7 Å². The molecule has 0 saturated carbocycles. The van der Waals surface area contributed by atoms with Crippen LogP contribution in [0.15, 0.2) is 24.3 Å². The van der Waals surface area contributed by atoms with Crippen molar-refractivity contribution in [3.05, 3.63) is 35.4 Å². The Morgan fingerprint density at radius 1 is 1.20 bits per heavy atom. The molecule has 136 valence electrons. The highest BCUT2D eigenvalue weighted by Gasteiger charge is 2.43. The standard InChI is InChI=1S/C21H30N2O2/c1-17-5-4-6-18(13-17)20(24)23-11-7-21(8-12-23)14-19(25-16-21)15-22-9-2-3-10-22/h4-6,13,19H,2-3,7-12,14-16H2,1H3. The monoisotopic (exact) mass is 342 g/mol. The number of rotatable bonds is 3. The van der Waals surface area contributed by atoms with Crippen LogP contribution in [0.5, 0.6) is 0 Å². The molecule has 4 heteroatoms. The minimum Gasteiger partial charge on any atom is -0.376 e. The first-order valence-corrected chi connectivity index (χ1v) is 9.84. The second kappa shape index (κ2) is 7.08. The Labute approximate surface area is 151 Å². The SMILES string of the molecule is Cc1cccc(C(=O)N2CCC3(CC2)COC(CN2CCCC2)C3)c1. The van der Waals surface area contributed by atoms with Crippen LogP contribution < -0.4 is 0 Å². The van der Waals surface area contributed by atoms with E-state index >= 15 is 0 Å². The summed E-state index contributed by atoms with van der Waals surface area (Å²) in [5, 5.41) is 0. The lowest BCUT2D eigenvalue weighted by atomic mass is 9.76. The number of benzene rings is 1. The number of amides is 1. The van der Waals surface area contributed by atoms with Crippen LogP contribution >= 0.6 is 0 Å². The molecule has 1 spiro atoms. The van der Waals surface area contributed by atoms with E-state index in [1.807, 2.05) is 36.1 Å². The third-order valence-corrected chi connectivity index (χ3v) is 6.32.